The highest BCUT2D eigenvalue weighted by Crippen LogP contribution is 2.32. The summed E-state index contributed by atoms with van der Waals surface area (Å²) in [5, 5.41) is 9.79. The molecule has 2 aromatic carbocycles. The van der Waals surface area contributed by atoms with E-state index in [4.69, 9.17) is 9.47 Å². The molecule has 8 heteroatoms. The van der Waals surface area contributed by atoms with Gasteiger partial charge in [0, 0.05) is 0 Å². The number of carbonyl (C=O) groups is 1. The maximum absolute atomic E-state index is 13.6. The summed E-state index contributed by atoms with van der Waals surface area (Å²) in [4.78, 5) is 31.8. The molecule has 1 N–H and O–H groups in total. The third-order valence-electron chi connectivity index (χ3n) is 5.26. The number of ether oxygens (including phenoxy) is 2. The lowest BCUT2D eigenvalue weighted by atomic mass is 9.96. The molecule has 0 aliphatic carbocycles. The van der Waals surface area contributed by atoms with Gasteiger partial charge in [-0.1, -0.05) is 35.6 Å². The van der Waals surface area contributed by atoms with Crippen LogP contribution in [0.25, 0.3) is 6.08 Å². The van der Waals surface area contributed by atoms with Crippen molar-refractivity contribution in [2.45, 2.75) is 39.8 Å². The summed E-state index contributed by atoms with van der Waals surface area (Å²) in [5.74, 6) is 0.315. The zero-order valence-corrected chi connectivity index (χ0v) is 20.3. The quantitative estimate of drug-likeness (QED) is 0.549. The standard InChI is InChI=1S/C26H26N2O5S/c1-5-32-20-11-9-18(10-12-20)23-22(25(31)33-15(2)3)16(4)27-26-28(23)24(30)21(34-26)14-17-7-6-8-19(29)13-17/h6-15,23,29H,5H2,1-4H3/b21-14+/t23-/m0/s1. The summed E-state index contributed by atoms with van der Waals surface area (Å²) in [6.07, 6.45) is 1.40. The maximum Gasteiger partial charge on any atom is 0.338 e. The molecule has 7 nitrogen and oxygen atoms in total. The molecule has 2 heterocycles. The second-order valence-corrected chi connectivity index (χ2v) is 9.14. The highest BCUT2D eigenvalue weighted by Gasteiger charge is 2.33. The molecule has 0 spiro atoms. The minimum absolute atomic E-state index is 0.114. The van der Waals surface area contributed by atoms with Gasteiger partial charge in [-0.25, -0.2) is 9.79 Å². The number of hydrogen-bond acceptors (Lipinski definition) is 7. The number of phenolic OH excluding ortho intramolecular Hbond substituents is 1. The molecule has 176 valence electrons. The number of fused-ring (bicyclic) bond motifs is 1. The Hall–Kier alpha value is -3.65. The Balaban J connectivity index is 1.91. The van der Waals surface area contributed by atoms with Crippen molar-refractivity contribution in [1.29, 1.82) is 0 Å². The number of allylic oxidation sites excluding steroid dienone is 1. The van der Waals surface area contributed by atoms with Crippen LogP contribution in [0.3, 0.4) is 0 Å². The van der Waals surface area contributed by atoms with Crippen LogP contribution in [-0.4, -0.2) is 28.4 Å². The first kappa shape index (κ1) is 23.5. The van der Waals surface area contributed by atoms with E-state index in [1.54, 1.807) is 55.7 Å². The fraction of sp³-hybridized carbons (Fsp3) is 0.269. The molecule has 1 aliphatic rings. The van der Waals surface area contributed by atoms with E-state index < -0.39 is 12.0 Å². The fourth-order valence-electron chi connectivity index (χ4n) is 3.85. The second kappa shape index (κ2) is 9.69. The van der Waals surface area contributed by atoms with Gasteiger partial charge in [0.1, 0.15) is 11.5 Å². The van der Waals surface area contributed by atoms with E-state index in [0.717, 1.165) is 5.56 Å². The number of benzene rings is 2. The Morgan fingerprint density at radius 1 is 1.24 bits per heavy atom. The van der Waals surface area contributed by atoms with E-state index in [-0.39, 0.29) is 17.4 Å². The van der Waals surface area contributed by atoms with Crippen molar-refractivity contribution in [2.75, 3.05) is 6.61 Å². The van der Waals surface area contributed by atoms with Crippen LogP contribution in [0.5, 0.6) is 11.5 Å². The Morgan fingerprint density at radius 3 is 2.62 bits per heavy atom. The number of nitrogens with zero attached hydrogens (tertiary/aromatic N) is 2. The lowest BCUT2D eigenvalue weighted by molar-refractivity contribution is -0.143. The first-order chi connectivity index (χ1) is 16.3. The molecule has 0 bridgehead atoms. The number of carbonyl (C=O) groups excluding carboxylic acids is 1. The van der Waals surface area contributed by atoms with E-state index in [2.05, 4.69) is 4.99 Å². The molecule has 0 radical (unpaired) electrons. The molecule has 0 amide bonds. The summed E-state index contributed by atoms with van der Waals surface area (Å²) < 4.78 is 13.1. The Morgan fingerprint density at radius 2 is 1.97 bits per heavy atom. The molecule has 1 aromatic heterocycles. The number of rotatable bonds is 6. The lowest BCUT2D eigenvalue weighted by Gasteiger charge is -2.25. The topological polar surface area (TPSA) is 90.1 Å². The number of aromatic nitrogens is 1. The van der Waals surface area contributed by atoms with Gasteiger partial charge in [-0.2, -0.15) is 0 Å². The van der Waals surface area contributed by atoms with Crippen LogP contribution in [0.15, 0.2) is 69.6 Å². The number of esters is 1. The molecule has 1 aliphatic heterocycles. The first-order valence-electron chi connectivity index (χ1n) is 11.0. The zero-order valence-electron chi connectivity index (χ0n) is 19.4. The fourth-order valence-corrected chi connectivity index (χ4v) is 4.90. The van der Waals surface area contributed by atoms with Crippen molar-refractivity contribution < 1.29 is 19.4 Å². The predicted octanol–water partition coefficient (Wildman–Crippen LogP) is 3.29. The largest absolute Gasteiger partial charge is 0.508 e. The first-order valence-corrected chi connectivity index (χ1v) is 11.9. The van der Waals surface area contributed by atoms with Crippen molar-refractivity contribution >= 4 is 23.4 Å². The average molecular weight is 479 g/mol. The van der Waals surface area contributed by atoms with Gasteiger partial charge in [0.05, 0.1) is 34.6 Å². The van der Waals surface area contributed by atoms with Crippen molar-refractivity contribution in [3.8, 4) is 11.5 Å². The molecule has 1 atom stereocenters. The van der Waals surface area contributed by atoms with Crippen molar-refractivity contribution in [3.05, 3.63) is 90.6 Å². The van der Waals surface area contributed by atoms with Gasteiger partial charge in [0.2, 0.25) is 0 Å². The van der Waals surface area contributed by atoms with Crippen molar-refractivity contribution in [2.24, 2.45) is 4.99 Å². The van der Waals surface area contributed by atoms with Gasteiger partial charge in [0.25, 0.3) is 5.56 Å². The molecular weight excluding hydrogens is 452 g/mol. The molecule has 0 saturated heterocycles. The molecule has 4 rings (SSSR count). The van der Waals surface area contributed by atoms with Crippen LogP contribution < -0.4 is 19.6 Å². The number of hydrogen-bond donors (Lipinski definition) is 1. The normalized spacial score (nSPS) is 15.8. The van der Waals surface area contributed by atoms with Gasteiger partial charge in [-0.15, -0.1) is 0 Å². The van der Waals surface area contributed by atoms with E-state index >= 15 is 0 Å². The Kier molecular flexibility index (Phi) is 6.70. The van der Waals surface area contributed by atoms with E-state index in [1.165, 1.54) is 11.3 Å². The molecular formula is C26H26N2O5S. The highest BCUT2D eigenvalue weighted by atomic mass is 32.1. The average Bonchev–Trinajstić information content (AvgIpc) is 3.07. The summed E-state index contributed by atoms with van der Waals surface area (Å²) in [7, 11) is 0. The van der Waals surface area contributed by atoms with Crippen LogP contribution >= 0.6 is 11.3 Å². The van der Waals surface area contributed by atoms with Crippen molar-refractivity contribution in [1.82, 2.24) is 4.57 Å². The summed E-state index contributed by atoms with van der Waals surface area (Å²) in [6, 6.07) is 13.3. The Bertz CT molecular complexity index is 1430. The van der Waals surface area contributed by atoms with E-state index in [9.17, 15) is 14.7 Å². The maximum atomic E-state index is 13.6. The summed E-state index contributed by atoms with van der Waals surface area (Å²) in [6.45, 7) is 7.76. The molecule has 3 aromatic rings. The van der Waals surface area contributed by atoms with Crippen LogP contribution in [0.1, 0.15) is 44.9 Å². The van der Waals surface area contributed by atoms with E-state index in [0.29, 0.717) is 38.5 Å². The lowest BCUT2D eigenvalue weighted by Crippen LogP contribution is -2.40. The van der Waals surface area contributed by atoms with Gasteiger partial charge >= 0.3 is 5.97 Å². The highest BCUT2D eigenvalue weighted by molar-refractivity contribution is 7.07. The number of aromatic hydroxyl groups is 1. The van der Waals surface area contributed by atoms with Crippen LogP contribution in [0, 0.1) is 0 Å². The van der Waals surface area contributed by atoms with Crippen LogP contribution in [0.4, 0.5) is 0 Å². The third kappa shape index (κ3) is 4.68. The molecule has 34 heavy (non-hydrogen) atoms. The van der Waals surface area contributed by atoms with E-state index in [1.807, 2.05) is 31.2 Å². The number of phenols is 1. The summed E-state index contributed by atoms with van der Waals surface area (Å²) in [5.41, 5.74) is 2.01. The third-order valence-corrected chi connectivity index (χ3v) is 6.24. The predicted molar refractivity (Wildman–Crippen MR) is 131 cm³/mol. The molecule has 0 saturated carbocycles. The monoisotopic (exact) mass is 478 g/mol. The molecule has 0 fully saturated rings. The van der Waals surface area contributed by atoms with Crippen LogP contribution in [-0.2, 0) is 9.53 Å². The van der Waals surface area contributed by atoms with Gasteiger partial charge in [-0.05, 0) is 69.2 Å². The minimum Gasteiger partial charge on any atom is -0.508 e. The number of thiazole rings is 1. The Labute approximate surface area is 200 Å². The minimum atomic E-state index is -0.690. The smallest absolute Gasteiger partial charge is 0.338 e. The van der Waals surface area contributed by atoms with Crippen LogP contribution in [0.2, 0.25) is 0 Å². The van der Waals surface area contributed by atoms with Crippen molar-refractivity contribution in [3.63, 3.8) is 0 Å². The van der Waals surface area contributed by atoms with Gasteiger partial charge in [-0.3, -0.25) is 9.36 Å². The summed E-state index contributed by atoms with van der Waals surface area (Å²) >= 11 is 1.24. The SMILES string of the molecule is CCOc1ccc([C@H]2C(C(=O)OC(C)C)=C(C)N=c3s/c(=C/c4cccc(O)c4)c(=O)n32)cc1. The zero-order chi connectivity index (χ0) is 24.4. The molecule has 0 unspecified atom stereocenters. The van der Waals surface area contributed by atoms with Gasteiger partial charge in [0.15, 0.2) is 4.80 Å². The second-order valence-electron chi connectivity index (χ2n) is 8.13. The van der Waals surface area contributed by atoms with Gasteiger partial charge < -0.3 is 14.6 Å².